The van der Waals surface area contributed by atoms with Crippen molar-refractivity contribution in [1.29, 1.82) is 0 Å². The summed E-state index contributed by atoms with van der Waals surface area (Å²) < 4.78 is 0. The lowest BCUT2D eigenvalue weighted by molar-refractivity contribution is 0.0960. The zero-order chi connectivity index (χ0) is 9.84. The minimum absolute atomic E-state index is 0.0150. The molecule has 0 unspecified atom stereocenters. The fraction of sp³-hybridized carbons (Fsp3) is 0.875. The maximum absolute atomic E-state index is 11.5. The Labute approximate surface area is 78.1 Å². The SMILES string of the molecule is CN1CCCN(C[C@@H](O)CN)C1=O. The molecule has 1 atom stereocenters. The van der Waals surface area contributed by atoms with Gasteiger partial charge < -0.3 is 20.6 Å². The first-order valence-electron chi connectivity index (χ1n) is 4.53. The summed E-state index contributed by atoms with van der Waals surface area (Å²) in [5.74, 6) is 0. The van der Waals surface area contributed by atoms with E-state index in [1.807, 2.05) is 0 Å². The van der Waals surface area contributed by atoms with Crippen molar-refractivity contribution < 1.29 is 9.90 Å². The molecule has 0 aliphatic carbocycles. The minimum Gasteiger partial charge on any atom is -0.390 e. The first kappa shape index (κ1) is 10.3. The first-order chi connectivity index (χ1) is 6.15. The van der Waals surface area contributed by atoms with Crippen molar-refractivity contribution in [3.05, 3.63) is 0 Å². The second-order valence-electron chi connectivity index (χ2n) is 3.39. The molecule has 2 amide bonds. The van der Waals surface area contributed by atoms with Gasteiger partial charge in [-0.05, 0) is 6.42 Å². The van der Waals surface area contributed by atoms with Crippen LogP contribution in [0.5, 0.6) is 0 Å². The lowest BCUT2D eigenvalue weighted by Crippen LogP contribution is -2.50. The summed E-state index contributed by atoms with van der Waals surface area (Å²) in [6.45, 7) is 2.07. The van der Waals surface area contributed by atoms with Crippen molar-refractivity contribution in [2.75, 3.05) is 33.2 Å². The van der Waals surface area contributed by atoms with E-state index in [4.69, 9.17) is 5.73 Å². The number of nitrogens with zero attached hydrogens (tertiary/aromatic N) is 2. The Morgan fingerprint density at radius 1 is 1.62 bits per heavy atom. The highest BCUT2D eigenvalue weighted by atomic mass is 16.3. The van der Waals surface area contributed by atoms with E-state index in [-0.39, 0.29) is 12.6 Å². The molecular formula is C8H17N3O2. The summed E-state index contributed by atoms with van der Waals surface area (Å²) in [5, 5.41) is 9.28. The Bertz CT molecular complexity index is 186. The van der Waals surface area contributed by atoms with Crippen LogP contribution in [0.2, 0.25) is 0 Å². The van der Waals surface area contributed by atoms with Gasteiger partial charge in [0.25, 0.3) is 0 Å². The van der Waals surface area contributed by atoms with E-state index in [2.05, 4.69) is 0 Å². The Morgan fingerprint density at radius 2 is 2.31 bits per heavy atom. The number of amides is 2. The van der Waals surface area contributed by atoms with Gasteiger partial charge in [-0.3, -0.25) is 0 Å². The van der Waals surface area contributed by atoms with Gasteiger partial charge in [-0.1, -0.05) is 0 Å². The number of carbonyl (C=O) groups excluding carboxylic acids is 1. The summed E-state index contributed by atoms with van der Waals surface area (Å²) in [4.78, 5) is 14.8. The summed E-state index contributed by atoms with van der Waals surface area (Å²) in [6, 6.07) is -0.0150. The van der Waals surface area contributed by atoms with Crippen LogP contribution in [0.25, 0.3) is 0 Å². The molecule has 1 rings (SSSR count). The van der Waals surface area contributed by atoms with E-state index in [1.54, 1.807) is 16.8 Å². The third-order valence-corrected chi connectivity index (χ3v) is 2.22. The maximum atomic E-state index is 11.5. The zero-order valence-corrected chi connectivity index (χ0v) is 7.94. The quantitative estimate of drug-likeness (QED) is 0.599. The van der Waals surface area contributed by atoms with Crippen molar-refractivity contribution in [2.45, 2.75) is 12.5 Å². The first-order valence-corrected chi connectivity index (χ1v) is 4.53. The van der Waals surface area contributed by atoms with Crippen LogP contribution in [0.3, 0.4) is 0 Å². The van der Waals surface area contributed by atoms with Gasteiger partial charge in [-0.15, -0.1) is 0 Å². The molecule has 1 heterocycles. The Balaban J connectivity index is 2.44. The van der Waals surface area contributed by atoms with Gasteiger partial charge in [-0.25, -0.2) is 4.79 Å². The molecule has 3 N–H and O–H groups in total. The summed E-state index contributed by atoms with van der Waals surface area (Å²) >= 11 is 0. The number of urea groups is 1. The van der Waals surface area contributed by atoms with E-state index >= 15 is 0 Å². The molecule has 0 aromatic rings. The van der Waals surface area contributed by atoms with Gasteiger partial charge in [0, 0.05) is 33.2 Å². The number of aliphatic hydroxyl groups excluding tert-OH is 1. The van der Waals surface area contributed by atoms with Crippen LogP contribution in [0.4, 0.5) is 4.79 Å². The molecule has 0 saturated carbocycles. The average molecular weight is 187 g/mol. The van der Waals surface area contributed by atoms with E-state index in [0.29, 0.717) is 6.54 Å². The molecule has 1 saturated heterocycles. The molecule has 0 aromatic carbocycles. The van der Waals surface area contributed by atoms with Crippen LogP contribution < -0.4 is 5.73 Å². The van der Waals surface area contributed by atoms with Gasteiger partial charge in [0.1, 0.15) is 0 Å². The molecule has 5 nitrogen and oxygen atoms in total. The number of hydrogen-bond acceptors (Lipinski definition) is 3. The molecule has 0 radical (unpaired) electrons. The number of nitrogens with two attached hydrogens (primary N) is 1. The fourth-order valence-corrected chi connectivity index (χ4v) is 1.43. The van der Waals surface area contributed by atoms with E-state index in [9.17, 15) is 9.90 Å². The molecule has 13 heavy (non-hydrogen) atoms. The van der Waals surface area contributed by atoms with E-state index in [0.717, 1.165) is 19.5 Å². The topological polar surface area (TPSA) is 69.8 Å². The number of aliphatic hydroxyl groups is 1. The highest BCUT2D eigenvalue weighted by Gasteiger charge is 2.23. The molecular weight excluding hydrogens is 170 g/mol. The second kappa shape index (κ2) is 4.43. The summed E-state index contributed by atoms with van der Waals surface area (Å²) in [7, 11) is 1.77. The van der Waals surface area contributed by atoms with Crippen LogP contribution in [-0.4, -0.2) is 60.3 Å². The monoisotopic (exact) mass is 187 g/mol. The van der Waals surface area contributed by atoms with Crippen molar-refractivity contribution in [3.8, 4) is 0 Å². The highest BCUT2D eigenvalue weighted by molar-refractivity contribution is 5.74. The molecule has 5 heteroatoms. The van der Waals surface area contributed by atoms with Crippen LogP contribution in [0, 0.1) is 0 Å². The smallest absolute Gasteiger partial charge is 0.319 e. The number of carbonyl (C=O) groups is 1. The van der Waals surface area contributed by atoms with E-state index < -0.39 is 6.10 Å². The molecule has 76 valence electrons. The lowest BCUT2D eigenvalue weighted by atomic mass is 10.2. The van der Waals surface area contributed by atoms with Crippen LogP contribution in [0.1, 0.15) is 6.42 Å². The fourth-order valence-electron chi connectivity index (χ4n) is 1.43. The van der Waals surface area contributed by atoms with Gasteiger partial charge in [0.15, 0.2) is 0 Å². The van der Waals surface area contributed by atoms with Crippen molar-refractivity contribution in [3.63, 3.8) is 0 Å². The van der Waals surface area contributed by atoms with Crippen LogP contribution in [0.15, 0.2) is 0 Å². The number of rotatable bonds is 3. The van der Waals surface area contributed by atoms with Crippen molar-refractivity contribution in [2.24, 2.45) is 5.73 Å². The predicted molar refractivity (Wildman–Crippen MR) is 49.3 cm³/mol. The Hall–Kier alpha value is -0.810. The standard InChI is InChI=1S/C8H17N3O2/c1-10-3-2-4-11(8(10)13)6-7(12)5-9/h7,12H,2-6,9H2,1H3/t7-/m0/s1. The molecule has 0 spiro atoms. The highest BCUT2D eigenvalue weighted by Crippen LogP contribution is 2.06. The molecule has 0 aromatic heterocycles. The summed E-state index contributed by atoms with van der Waals surface area (Å²) in [5.41, 5.74) is 5.27. The molecule has 1 aliphatic rings. The van der Waals surface area contributed by atoms with Crippen molar-refractivity contribution in [1.82, 2.24) is 9.80 Å². The predicted octanol–water partition coefficient (Wildman–Crippen LogP) is -0.936. The third-order valence-electron chi connectivity index (χ3n) is 2.22. The number of β-amino-alcohol motifs (C(OH)–C–C–N with tert-alkyl or cyclic N) is 1. The number of hydrogen-bond donors (Lipinski definition) is 2. The minimum atomic E-state index is -0.601. The van der Waals surface area contributed by atoms with E-state index in [1.165, 1.54) is 0 Å². The second-order valence-corrected chi connectivity index (χ2v) is 3.39. The Morgan fingerprint density at radius 3 is 2.92 bits per heavy atom. The van der Waals surface area contributed by atoms with Gasteiger partial charge in [-0.2, -0.15) is 0 Å². The normalized spacial score (nSPS) is 20.7. The molecule has 1 aliphatic heterocycles. The maximum Gasteiger partial charge on any atom is 0.319 e. The van der Waals surface area contributed by atoms with Crippen LogP contribution >= 0.6 is 0 Å². The van der Waals surface area contributed by atoms with Crippen LogP contribution in [-0.2, 0) is 0 Å². The van der Waals surface area contributed by atoms with Crippen molar-refractivity contribution >= 4 is 6.03 Å². The zero-order valence-electron chi connectivity index (χ0n) is 7.94. The molecule has 0 bridgehead atoms. The van der Waals surface area contributed by atoms with Gasteiger partial charge in [0.2, 0.25) is 0 Å². The third kappa shape index (κ3) is 2.57. The largest absolute Gasteiger partial charge is 0.390 e. The van der Waals surface area contributed by atoms with Gasteiger partial charge in [0.05, 0.1) is 6.10 Å². The Kier molecular flexibility index (Phi) is 3.50. The average Bonchev–Trinajstić information content (AvgIpc) is 2.13. The lowest BCUT2D eigenvalue weighted by Gasteiger charge is -2.34. The summed E-state index contributed by atoms with van der Waals surface area (Å²) in [6.07, 6.45) is 0.356. The molecule has 1 fully saturated rings. The van der Waals surface area contributed by atoms with Gasteiger partial charge >= 0.3 is 6.03 Å².